The lowest BCUT2D eigenvalue weighted by Crippen LogP contribution is -2.55. The van der Waals surface area contributed by atoms with E-state index in [0.717, 1.165) is 5.69 Å². The van der Waals surface area contributed by atoms with Crippen LogP contribution in [-0.2, 0) is 16.6 Å². The number of nitrogens with zero attached hydrogens (tertiary/aromatic N) is 3. The molecule has 0 radical (unpaired) electrons. The van der Waals surface area contributed by atoms with E-state index in [4.69, 9.17) is 0 Å². The SMILES string of the molecule is COC(=O)[C@@H]1CCN1C(=O)c1cc(C)n(C)n1. The molecule has 2 rings (SSSR count). The number of amides is 1. The highest BCUT2D eigenvalue weighted by atomic mass is 16.5. The van der Waals surface area contributed by atoms with E-state index < -0.39 is 6.04 Å². The van der Waals surface area contributed by atoms with Crippen LogP contribution in [0.1, 0.15) is 22.6 Å². The third kappa shape index (κ3) is 1.90. The van der Waals surface area contributed by atoms with Crippen molar-refractivity contribution in [3.8, 4) is 0 Å². The summed E-state index contributed by atoms with van der Waals surface area (Å²) < 4.78 is 6.28. The van der Waals surface area contributed by atoms with Gasteiger partial charge in [-0.2, -0.15) is 5.10 Å². The van der Waals surface area contributed by atoms with Gasteiger partial charge in [0, 0.05) is 19.3 Å². The van der Waals surface area contributed by atoms with Crippen molar-refractivity contribution >= 4 is 11.9 Å². The van der Waals surface area contributed by atoms with Crippen LogP contribution in [0, 0.1) is 6.92 Å². The lowest BCUT2D eigenvalue weighted by molar-refractivity contribution is -0.149. The molecule has 1 aromatic rings. The molecular weight excluding hydrogens is 222 g/mol. The number of aromatic nitrogens is 2. The van der Waals surface area contributed by atoms with Gasteiger partial charge in [-0.25, -0.2) is 4.79 Å². The number of ether oxygens (including phenoxy) is 1. The van der Waals surface area contributed by atoms with Crippen LogP contribution in [0.5, 0.6) is 0 Å². The van der Waals surface area contributed by atoms with Crippen LogP contribution in [0.2, 0.25) is 0 Å². The van der Waals surface area contributed by atoms with E-state index in [1.54, 1.807) is 17.8 Å². The zero-order valence-electron chi connectivity index (χ0n) is 10.1. The largest absolute Gasteiger partial charge is 0.467 e. The van der Waals surface area contributed by atoms with Crippen molar-refractivity contribution in [2.45, 2.75) is 19.4 Å². The second-order valence-electron chi connectivity index (χ2n) is 4.12. The topological polar surface area (TPSA) is 64.4 Å². The highest BCUT2D eigenvalue weighted by molar-refractivity contribution is 5.96. The van der Waals surface area contributed by atoms with Gasteiger partial charge in [0.15, 0.2) is 5.69 Å². The first-order valence-corrected chi connectivity index (χ1v) is 5.44. The van der Waals surface area contributed by atoms with Gasteiger partial charge >= 0.3 is 5.97 Å². The van der Waals surface area contributed by atoms with Gasteiger partial charge < -0.3 is 9.64 Å². The zero-order chi connectivity index (χ0) is 12.6. The molecular formula is C11H15N3O3. The molecule has 6 heteroatoms. The minimum Gasteiger partial charge on any atom is -0.467 e. The maximum atomic E-state index is 12.1. The Labute approximate surface area is 99.1 Å². The van der Waals surface area contributed by atoms with Crippen LogP contribution >= 0.6 is 0 Å². The molecule has 1 aliphatic heterocycles. The van der Waals surface area contributed by atoms with Gasteiger partial charge in [0.05, 0.1) is 7.11 Å². The van der Waals surface area contributed by atoms with E-state index in [1.165, 1.54) is 12.0 Å². The first-order chi connectivity index (χ1) is 8.04. The third-order valence-electron chi connectivity index (χ3n) is 3.09. The molecule has 0 unspecified atom stereocenters. The number of hydrogen-bond acceptors (Lipinski definition) is 4. The predicted octanol–water partition coefficient (Wildman–Crippen LogP) is 0.116. The fourth-order valence-corrected chi connectivity index (χ4v) is 1.82. The van der Waals surface area contributed by atoms with Crippen LogP contribution < -0.4 is 0 Å². The Bertz CT molecular complexity index is 447. The minimum atomic E-state index is -0.449. The molecule has 1 fully saturated rings. The van der Waals surface area contributed by atoms with Crippen LogP contribution in [0.15, 0.2) is 6.07 Å². The molecule has 0 saturated carbocycles. The van der Waals surface area contributed by atoms with Crippen molar-refractivity contribution in [2.75, 3.05) is 13.7 Å². The van der Waals surface area contributed by atoms with Crippen molar-refractivity contribution < 1.29 is 14.3 Å². The summed E-state index contributed by atoms with van der Waals surface area (Å²) in [6, 6.07) is 1.27. The minimum absolute atomic E-state index is 0.213. The van der Waals surface area contributed by atoms with Gasteiger partial charge in [-0.15, -0.1) is 0 Å². The first-order valence-electron chi connectivity index (χ1n) is 5.44. The maximum Gasteiger partial charge on any atom is 0.328 e. The Hall–Kier alpha value is -1.85. The van der Waals surface area contributed by atoms with Gasteiger partial charge in [0.25, 0.3) is 5.91 Å². The Morgan fingerprint density at radius 2 is 2.24 bits per heavy atom. The molecule has 0 aliphatic carbocycles. The molecule has 1 amide bonds. The molecule has 1 aromatic heterocycles. The fraction of sp³-hybridized carbons (Fsp3) is 0.545. The van der Waals surface area contributed by atoms with Gasteiger partial charge in [-0.1, -0.05) is 0 Å². The predicted molar refractivity (Wildman–Crippen MR) is 59.4 cm³/mol. The second-order valence-corrected chi connectivity index (χ2v) is 4.12. The van der Waals surface area contributed by atoms with Crippen LogP contribution in [0.3, 0.4) is 0 Å². The summed E-state index contributed by atoms with van der Waals surface area (Å²) in [7, 11) is 3.11. The molecule has 92 valence electrons. The Balaban J connectivity index is 2.13. The van der Waals surface area contributed by atoms with E-state index in [9.17, 15) is 9.59 Å². The van der Waals surface area contributed by atoms with Crippen molar-refractivity contribution in [1.82, 2.24) is 14.7 Å². The van der Waals surface area contributed by atoms with Crippen LogP contribution in [0.4, 0.5) is 0 Å². The molecule has 6 nitrogen and oxygen atoms in total. The average molecular weight is 237 g/mol. The van der Waals surface area contributed by atoms with Gasteiger partial charge in [-0.05, 0) is 19.4 Å². The summed E-state index contributed by atoms with van der Waals surface area (Å²) in [5.74, 6) is -0.576. The second kappa shape index (κ2) is 4.20. The monoisotopic (exact) mass is 237 g/mol. The third-order valence-corrected chi connectivity index (χ3v) is 3.09. The summed E-state index contributed by atoms with van der Waals surface area (Å²) in [6.45, 7) is 2.45. The Morgan fingerprint density at radius 3 is 2.65 bits per heavy atom. The highest BCUT2D eigenvalue weighted by Gasteiger charge is 2.39. The van der Waals surface area contributed by atoms with E-state index in [2.05, 4.69) is 9.84 Å². The first kappa shape index (κ1) is 11.6. The summed E-state index contributed by atoms with van der Waals surface area (Å²) >= 11 is 0. The summed E-state index contributed by atoms with van der Waals surface area (Å²) in [5, 5.41) is 4.11. The van der Waals surface area contributed by atoms with Crippen molar-refractivity contribution in [2.24, 2.45) is 7.05 Å². The van der Waals surface area contributed by atoms with Crippen molar-refractivity contribution in [3.63, 3.8) is 0 Å². The number of carbonyl (C=O) groups excluding carboxylic acids is 2. The lowest BCUT2D eigenvalue weighted by atomic mass is 10.0. The number of hydrogen-bond donors (Lipinski definition) is 0. The number of aryl methyl sites for hydroxylation is 2. The number of rotatable bonds is 2. The molecule has 0 aromatic carbocycles. The smallest absolute Gasteiger partial charge is 0.328 e. The molecule has 1 aliphatic rings. The number of carbonyl (C=O) groups is 2. The van der Waals surface area contributed by atoms with E-state index >= 15 is 0 Å². The summed E-state index contributed by atoms with van der Waals surface area (Å²) in [4.78, 5) is 24.9. The molecule has 0 spiro atoms. The molecule has 17 heavy (non-hydrogen) atoms. The Kier molecular flexibility index (Phi) is 2.87. The molecule has 2 heterocycles. The summed E-state index contributed by atoms with van der Waals surface area (Å²) in [5.41, 5.74) is 1.28. The summed E-state index contributed by atoms with van der Waals surface area (Å²) in [6.07, 6.45) is 0.657. The number of methoxy groups -OCH3 is 1. The van der Waals surface area contributed by atoms with E-state index in [0.29, 0.717) is 18.7 Å². The Morgan fingerprint density at radius 1 is 1.53 bits per heavy atom. The van der Waals surface area contributed by atoms with E-state index in [-0.39, 0.29) is 11.9 Å². The van der Waals surface area contributed by atoms with Gasteiger partial charge in [-0.3, -0.25) is 9.48 Å². The molecule has 0 N–H and O–H groups in total. The van der Waals surface area contributed by atoms with Crippen LogP contribution in [-0.4, -0.2) is 46.3 Å². The average Bonchev–Trinajstić information content (AvgIpc) is 2.57. The lowest BCUT2D eigenvalue weighted by Gasteiger charge is -2.38. The van der Waals surface area contributed by atoms with Crippen molar-refractivity contribution in [1.29, 1.82) is 0 Å². The molecule has 1 saturated heterocycles. The quantitative estimate of drug-likeness (QED) is 0.685. The highest BCUT2D eigenvalue weighted by Crippen LogP contribution is 2.21. The molecule has 1 atom stereocenters. The van der Waals surface area contributed by atoms with Gasteiger partial charge in [0.1, 0.15) is 6.04 Å². The zero-order valence-corrected chi connectivity index (χ0v) is 10.1. The number of likely N-dealkylation sites (tertiary alicyclic amines) is 1. The van der Waals surface area contributed by atoms with E-state index in [1.807, 2.05) is 6.92 Å². The maximum absolute atomic E-state index is 12.1. The normalized spacial score (nSPS) is 18.8. The van der Waals surface area contributed by atoms with Crippen molar-refractivity contribution in [3.05, 3.63) is 17.5 Å². The standard InChI is InChI=1S/C11H15N3O3/c1-7-6-8(12-13(7)2)10(15)14-5-4-9(14)11(16)17-3/h6,9H,4-5H2,1-3H3/t9-/m0/s1. The number of esters is 1. The molecule has 0 bridgehead atoms. The van der Waals surface area contributed by atoms with Crippen LogP contribution in [0.25, 0.3) is 0 Å². The van der Waals surface area contributed by atoms with Gasteiger partial charge in [0.2, 0.25) is 0 Å². The fourth-order valence-electron chi connectivity index (χ4n) is 1.82.